The van der Waals surface area contributed by atoms with Gasteiger partial charge in [-0.15, -0.1) is 0 Å². The molecule has 2 aromatic carbocycles. The number of sulfonamides is 1. The number of rotatable bonds is 6. The number of benzene rings is 2. The number of carbonyl (C=O) groups excluding carboxylic acids is 2. The molecular formula is C20H19ClF2N2O5S. The number of piperidine rings is 1. The van der Waals surface area contributed by atoms with Gasteiger partial charge in [0, 0.05) is 29.9 Å². The van der Waals surface area contributed by atoms with Crippen molar-refractivity contribution in [3.8, 4) is 0 Å². The molecule has 11 heteroatoms. The van der Waals surface area contributed by atoms with Crippen molar-refractivity contribution in [3.05, 3.63) is 59.1 Å². The van der Waals surface area contributed by atoms with Crippen LogP contribution in [0.1, 0.15) is 12.8 Å². The third-order valence-electron chi connectivity index (χ3n) is 4.72. The van der Waals surface area contributed by atoms with Crippen LogP contribution in [0.15, 0.2) is 47.4 Å². The number of carbonyl (C=O) groups is 2. The minimum Gasteiger partial charge on any atom is -0.455 e. The maximum absolute atomic E-state index is 13.2. The van der Waals surface area contributed by atoms with Gasteiger partial charge in [-0.3, -0.25) is 9.59 Å². The van der Waals surface area contributed by atoms with Crippen molar-refractivity contribution < 1.29 is 31.5 Å². The van der Waals surface area contributed by atoms with E-state index >= 15 is 0 Å². The Morgan fingerprint density at radius 1 is 1.13 bits per heavy atom. The predicted molar refractivity (Wildman–Crippen MR) is 109 cm³/mol. The molecule has 0 aliphatic carbocycles. The number of hydrogen-bond donors (Lipinski definition) is 1. The van der Waals surface area contributed by atoms with Crippen LogP contribution >= 0.6 is 11.6 Å². The van der Waals surface area contributed by atoms with Gasteiger partial charge < -0.3 is 10.1 Å². The standard InChI is InChI=1S/C20H19ClF2N2O5S/c21-14-3-6-16(7-4-14)31(28,29)25-9-1-2-13(11-25)20(27)30-12-19(26)24-15-5-8-17(22)18(23)10-15/h3-8,10,13H,1-2,9,11-12H2,(H,24,26). The van der Waals surface area contributed by atoms with Gasteiger partial charge in [-0.05, 0) is 49.2 Å². The zero-order valence-electron chi connectivity index (χ0n) is 16.2. The van der Waals surface area contributed by atoms with Gasteiger partial charge in [0.2, 0.25) is 10.0 Å². The Hall–Kier alpha value is -2.56. The van der Waals surface area contributed by atoms with Crippen molar-refractivity contribution in [1.82, 2.24) is 4.31 Å². The highest BCUT2D eigenvalue weighted by atomic mass is 35.5. The fourth-order valence-corrected chi connectivity index (χ4v) is 4.78. The molecule has 1 atom stereocenters. The van der Waals surface area contributed by atoms with E-state index in [4.69, 9.17) is 16.3 Å². The quantitative estimate of drug-likeness (QED) is 0.652. The molecule has 1 aliphatic rings. The van der Waals surface area contributed by atoms with E-state index in [-0.39, 0.29) is 23.7 Å². The number of esters is 1. The summed E-state index contributed by atoms with van der Waals surface area (Å²) in [6.07, 6.45) is 0.865. The average Bonchev–Trinajstić information content (AvgIpc) is 2.75. The van der Waals surface area contributed by atoms with Gasteiger partial charge in [-0.1, -0.05) is 11.6 Å². The van der Waals surface area contributed by atoms with Gasteiger partial charge in [-0.25, -0.2) is 17.2 Å². The van der Waals surface area contributed by atoms with Gasteiger partial charge in [-0.2, -0.15) is 4.31 Å². The molecule has 3 rings (SSSR count). The van der Waals surface area contributed by atoms with Crippen LogP contribution in [-0.2, 0) is 24.3 Å². The van der Waals surface area contributed by atoms with Gasteiger partial charge in [0.1, 0.15) is 0 Å². The van der Waals surface area contributed by atoms with Crippen molar-refractivity contribution in [2.75, 3.05) is 25.0 Å². The topological polar surface area (TPSA) is 92.8 Å². The molecular weight excluding hydrogens is 454 g/mol. The lowest BCUT2D eigenvalue weighted by Crippen LogP contribution is -2.43. The Morgan fingerprint density at radius 3 is 2.52 bits per heavy atom. The molecule has 0 bridgehead atoms. The molecule has 1 heterocycles. The summed E-state index contributed by atoms with van der Waals surface area (Å²) in [4.78, 5) is 24.3. The highest BCUT2D eigenvalue weighted by molar-refractivity contribution is 7.89. The van der Waals surface area contributed by atoms with E-state index in [2.05, 4.69) is 5.32 Å². The first-order valence-electron chi connectivity index (χ1n) is 9.34. The van der Waals surface area contributed by atoms with Crippen LogP contribution in [0.5, 0.6) is 0 Å². The molecule has 0 spiro atoms. The molecule has 0 saturated carbocycles. The van der Waals surface area contributed by atoms with E-state index in [1.54, 1.807) is 0 Å². The maximum Gasteiger partial charge on any atom is 0.310 e. The molecule has 166 valence electrons. The largest absolute Gasteiger partial charge is 0.455 e. The monoisotopic (exact) mass is 472 g/mol. The molecule has 31 heavy (non-hydrogen) atoms. The Balaban J connectivity index is 1.56. The molecule has 0 radical (unpaired) electrons. The smallest absolute Gasteiger partial charge is 0.310 e. The highest BCUT2D eigenvalue weighted by Crippen LogP contribution is 2.25. The van der Waals surface area contributed by atoms with E-state index in [1.807, 2.05) is 0 Å². The van der Waals surface area contributed by atoms with Gasteiger partial charge in [0.15, 0.2) is 18.2 Å². The van der Waals surface area contributed by atoms with E-state index < -0.39 is 46.1 Å². The summed E-state index contributed by atoms with van der Waals surface area (Å²) in [5, 5.41) is 2.69. The molecule has 0 aromatic heterocycles. The molecule has 1 fully saturated rings. The molecule has 1 amide bonds. The van der Waals surface area contributed by atoms with Crippen molar-refractivity contribution in [1.29, 1.82) is 0 Å². The summed E-state index contributed by atoms with van der Waals surface area (Å²) < 4.78 is 57.9. The van der Waals surface area contributed by atoms with Crippen LogP contribution in [0.2, 0.25) is 5.02 Å². The van der Waals surface area contributed by atoms with Crippen LogP contribution in [-0.4, -0.2) is 44.3 Å². The molecule has 7 nitrogen and oxygen atoms in total. The molecule has 1 saturated heterocycles. The number of hydrogen-bond acceptors (Lipinski definition) is 5. The Morgan fingerprint density at radius 2 is 1.84 bits per heavy atom. The first kappa shape index (κ1) is 23.1. The zero-order chi connectivity index (χ0) is 22.6. The third-order valence-corrected chi connectivity index (χ3v) is 6.85. The van der Waals surface area contributed by atoms with Crippen LogP contribution in [0, 0.1) is 17.6 Å². The molecule has 1 aliphatic heterocycles. The lowest BCUT2D eigenvalue weighted by molar-refractivity contribution is -0.152. The predicted octanol–water partition coefficient (Wildman–Crippen LogP) is 3.20. The van der Waals surface area contributed by atoms with Gasteiger partial charge in [0.25, 0.3) is 5.91 Å². The fraction of sp³-hybridized carbons (Fsp3) is 0.300. The van der Waals surface area contributed by atoms with Crippen LogP contribution < -0.4 is 5.32 Å². The molecule has 2 aromatic rings. The van der Waals surface area contributed by atoms with Gasteiger partial charge in [0.05, 0.1) is 10.8 Å². The maximum atomic E-state index is 13.2. The minimum absolute atomic E-state index is 0.0119. The number of halogens is 3. The lowest BCUT2D eigenvalue weighted by atomic mass is 10.00. The minimum atomic E-state index is -3.80. The first-order chi connectivity index (χ1) is 14.7. The Bertz CT molecular complexity index is 1080. The van der Waals surface area contributed by atoms with Crippen molar-refractivity contribution in [2.24, 2.45) is 5.92 Å². The second-order valence-electron chi connectivity index (χ2n) is 6.94. The second-order valence-corrected chi connectivity index (χ2v) is 9.32. The number of nitrogens with zero attached hydrogens (tertiary/aromatic N) is 1. The number of nitrogens with one attached hydrogen (secondary N) is 1. The van der Waals surface area contributed by atoms with Crippen molar-refractivity contribution in [2.45, 2.75) is 17.7 Å². The van der Waals surface area contributed by atoms with Crippen LogP contribution in [0.3, 0.4) is 0 Å². The molecule has 1 unspecified atom stereocenters. The van der Waals surface area contributed by atoms with E-state index in [9.17, 15) is 26.8 Å². The van der Waals surface area contributed by atoms with Gasteiger partial charge >= 0.3 is 5.97 Å². The normalized spacial score (nSPS) is 17.2. The Labute approximate surface area is 183 Å². The first-order valence-corrected chi connectivity index (χ1v) is 11.2. The van der Waals surface area contributed by atoms with E-state index in [1.165, 1.54) is 34.6 Å². The van der Waals surface area contributed by atoms with Crippen molar-refractivity contribution in [3.63, 3.8) is 0 Å². The second kappa shape index (κ2) is 9.71. The number of ether oxygens (including phenoxy) is 1. The SMILES string of the molecule is O=C(COC(=O)C1CCCN(S(=O)(=O)c2ccc(Cl)cc2)C1)Nc1ccc(F)c(F)c1. The summed E-state index contributed by atoms with van der Waals surface area (Å²) in [5.41, 5.74) is 0.0119. The average molecular weight is 473 g/mol. The summed E-state index contributed by atoms with van der Waals surface area (Å²) in [7, 11) is -3.80. The third kappa shape index (κ3) is 5.78. The Kier molecular flexibility index (Phi) is 7.24. The fourth-order valence-electron chi connectivity index (χ4n) is 3.13. The zero-order valence-corrected chi connectivity index (χ0v) is 17.8. The summed E-state index contributed by atoms with van der Waals surface area (Å²) in [5.74, 6) is -4.36. The summed E-state index contributed by atoms with van der Waals surface area (Å²) >= 11 is 5.80. The molecule has 1 N–H and O–H groups in total. The highest BCUT2D eigenvalue weighted by Gasteiger charge is 2.34. The summed E-state index contributed by atoms with van der Waals surface area (Å²) in [6, 6.07) is 8.54. The lowest BCUT2D eigenvalue weighted by Gasteiger charge is -2.30. The summed E-state index contributed by atoms with van der Waals surface area (Å²) in [6.45, 7) is -0.460. The number of anilines is 1. The van der Waals surface area contributed by atoms with Crippen LogP contribution in [0.25, 0.3) is 0 Å². The number of amides is 1. The van der Waals surface area contributed by atoms with Crippen molar-refractivity contribution >= 4 is 39.2 Å². The van der Waals surface area contributed by atoms with E-state index in [0.29, 0.717) is 17.9 Å². The van der Waals surface area contributed by atoms with Crippen LogP contribution in [0.4, 0.5) is 14.5 Å². The van der Waals surface area contributed by atoms with E-state index in [0.717, 1.165) is 12.1 Å².